The van der Waals surface area contributed by atoms with Crippen molar-refractivity contribution in [1.29, 1.82) is 0 Å². The summed E-state index contributed by atoms with van der Waals surface area (Å²) in [6.07, 6.45) is 3.50. The van der Waals surface area contributed by atoms with Crippen molar-refractivity contribution >= 4 is 18.1 Å². The normalized spacial score (nSPS) is 10.7. The Kier molecular flexibility index (Phi) is 5.19. The molecule has 1 aromatic carbocycles. The van der Waals surface area contributed by atoms with Gasteiger partial charge in [-0.05, 0) is 30.7 Å². The van der Waals surface area contributed by atoms with Crippen molar-refractivity contribution in [2.45, 2.75) is 6.92 Å². The molecule has 0 radical (unpaired) electrons. The molecule has 6 heteroatoms. The maximum Gasteiger partial charge on any atom is 0.360 e. The summed E-state index contributed by atoms with van der Waals surface area (Å²) in [5, 5.41) is 3.66. The Hall–Kier alpha value is -2.76. The van der Waals surface area contributed by atoms with Crippen LogP contribution in [-0.4, -0.2) is 32.0 Å². The van der Waals surface area contributed by atoms with E-state index in [1.165, 1.54) is 6.07 Å². The van der Waals surface area contributed by atoms with Crippen LogP contribution in [-0.2, 0) is 4.74 Å². The van der Waals surface area contributed by atoms with Crippen molar-refractivity contribution in [2.75, 3.05) is 20.8 Å². The molecule has 2 rings (SSSR count). The van der Waals surface area contributed by atoms with Crippen LogP contribution in [0.15, 0.2) is 28.8 Å². The number of hydrogen-bond acceptors (Lipinski definition) is 6. The molecule has 0 spiro atoms. The lowest BCUT2D eigenvalue weighted by Gasteiger charge is -2.05. The van der Waals surface area contributed by atoms with E-state index in [1.54, 1.807) is 39.4 Å². The number of nitrogens with zero attached hydrogens (tertiary/aromatic N) is 1. The number of esters is 1. The number of benzene rings is 1. The Balaban J connectivity index is 2.16. The third kappa shape index (κ3) is 3.88. The first-order chi connectivity index (χ1) is 10.7. The highest BCUT2D eigenvalue weighted by molar-refractivity contribution is 5.87. The fourth-order valence-electron chi connectivity index (χ4n) is 1.77. The smallest absolute Gasteiger partial charge is 0.360 e. The van der Waals surface area contributed by atoms with E-state index in [2.05, 4.69) is 5.16 Å². The lowest BCUT2D eigenvalue weighted by Crippen LogP contribution is -2.04. The molecule has 2 aromatic rings. The molecule has 0 aliphatic heterocycles. The van der Waals surface area contributed by atoms with Gasteiger partial charge in [0.25, 0.3) is 0 Å². The van der Waals surface area contributed by atoms with E-state index in [0.717, 1.165) is 5.56 Å². The highest BCUT2D eigenvalue weighted by Crippen LogP contribution is 2.23. The quantitative estimate of drug-likeness (QED) is 0.764. The van der Waals surface area contributed by atoms with E-state index in [9.17, 15) is 4.79 Å². The van der Waals surface area contributed by atoms with Gasteiger partial charge in [0.15, 0.2) is 11.5 Å². The molecule has 0 saturated heterocycles. The van der Waals surface area contributed by atoms with Crippen LogP contribution in [0.5, 0.6) is 11.5 Å². The zero-order chi connectivity index (χ0) is 15.9. The van der Waals surface area contributed by atoms with Crippen LogP contribution in [0.3, 0.4) is 0 Å². The number of methoxy groups -OCH3 is 2. The molecule has 0 fully saturated rings. The van der Waals surface area contributed by atoms with E-state index < -0.39 is 5.97 Å². The molecular formula is C16H17NO5. The Morgan fingerprint density at radius 3 is 2.41 bits per heavy atom. The van der Waals surface area contributed by atoms with Gasteiger partial charge in [0, 0.05) is 12.1 Å². The van der Waals surface area contributed by atoms with Gasteiger partial charge in [-0.25, -0.2) is 4.79 Å². The minimum atomic E-state index is -0.506. The highest BCUT2D eigenvalue weighted by atomic mass is 16.5. The number of aromatic nitrogens is 1. The standard InChI is InChI=1S/C16H17NO5/c1-4-21-16(18)15-10-12(22-17-15)6-5-11-7-13(19-2)9-14(8-11)20-3/h5-10H,4H2,1-3H3/b6-5+. The fraction of sp³-hybridized carbons (Fsp3) is 0.250. The van der Waals surface area contributed by atoms with Gasteiger partial charge in [-0.3, -0.25) is 0 Å². The first-order valence-electron chi connectivity index (χ1n) is 6.71. The Bertz CT molecular complexity index is 653. The summed E-state index contributed by atoms with van der Waals surface area (Å²) in [4.78, 5) is 11.5. The molecule has 1 heterocycles. The summed E-state index contributed by atoms with van der Waals surface area (Å²) < 4.78 is 20.3. The van der Waals surface area contributed by atoms with Gasteiger partial charge in [-0.15, -0.1) is 0 Å². The van der Waals surface area contributed by atoms with E-state index in [4.69, 9.17) is 18.7 Å². The van der Waals surface area contributed by atoms with Crippen molar-refractivity contribution in [3.63, 3.8) is 0 Å². The molecule has 0 aliphatic rings. The van der Waals surface area contributed by atoms with Gasteiger partial charge in [0.05, 0.1) is 20.8 Å². The van der Waals surface area contributed by atoms with Gasteiger partial charge in [0.2, 0.25) is 0 Å². The highest BCUT2D eigenvalue weighted by Gasteiger charge is 2.11. The van der Waals surface area contributed by atoms with Crippen molar-refractivity contribution in [2.24, 2.45) is 0 Å². The molecule has 116 valence electrons. The molecule has 0 unspecified atom stereocenters. The second kappa shape index (κ2) is 7.31. The Morgan fingerprint density at radius 2 is 1.82 bits per heavy atom. The number of carbonyl (C=O) groups is 1. The summed E-state index contributed by atoms with van der Waals surface area (Å²) >= 11 is 0. The summed E-state index contributed by atoms with van der Waals surface area (Å²) in [5.41, 5.74) is 1.01. The lowest BCUT2D eigenvalue weighted by atomic mass is 10.1. The van der Waals surface area contributed by atoms with Crippen LogP contribution < -0.4 is 9.47 Å². The van der Waals surface area contributed by atoms with E-state index >= 15 is 0 Å². The van der Waals surface area contributed by atoms with Crippen LogP contribution >= 0.6 is 0 Å². The number of rotatable bonds is 6. The van der Waals surface area contributed by atoms with Crippen molar-refractivity contribution < 1.29 is 23.5 Å². The van der Waals surface area contributed by atoms with Gasteiger partial charge >= 0.3 is 5.97 Å². The minimum Gasteiger partial charge on any atom is -0.497 e. The Morgan fingerprint density at radius 1 is 1.14 bits per heavy atom. The lowest BCUT2D eigenvalue weighted by molar-refractivity contribution is 0.0514. The molecular weight excluding hydrogens is 286 g/mol. The monoisotopic (exact) mass is 303 g/mol. The Labute approximate surface area is 128 Å². The SMILES string of the molecule is CCOC(=O)c1cc(/C=C/c2cc(OC)cc(OC)c2)on1. The zero-order valence-corrected chi connectivity index (χ0v) is 12.7. The molecule has 0 atom stereocenters. The van der Waals surface area contributed by atoms with E-state index in [0.29, 0.717) is 23.9 Å². The summed E-state index contributed by atoms with van der Waals surface area (Å²) in [6, 6.07) is 7.00. The maximum absolute atomic E-state index is 11.5. The third-order valence-electron chi connectivity index (χ3n) is 2.83. The van der Waals surface area contributed by atoms with Crippen molar-refractivity contribution in [3.05, 3.63) is 41.3 Å². The molecule has 0 amide bonds. The summed E-state index contributed by atoms with van der Waals surface area (Å²) in [5.74, 6) is 1.31. The second-order valence-corrected chi connectivity index (χ2v) is 4.31. The number of hydrogen-bond donors (Lipinski definition) is 0. The number of carbonyl (C=O) groups excluding carboxylic acids is 1. The largest absolute Gasteiger partial charge is 0.497 e. The molecule has 6 nitrogen and oxygen atoms in total. The van der Waals surface area contributed by atoms with E-state index in [1.807, 2.05) is 12.1 Å². The molecule has 0 bridgehead atoms. The predicted molar refractivity (Wildman–Crippen MR) is 80.9 cm³/mol. The molecule has 22 heavy (non-hydrogen) atoms. The predicted octanol–water partition coefficient (Wildman–Crippen LogP) is 3.04. The van der Waals surface area contributed by atoms with Crippen molar-refractivity contribution in [3.8, 4) is 11.5 Å². The van der Waals surface area contributed by atoms with Gasteiger partial charge in [0.1, 0.15) is 11.5 Å². The topological polar surface area (TPSA) is 70.8 Å². The first kappa shape index (κ1) is 15.6. The van der Waals surface area contributed by atoms with Gasteiger partial charge in [-0.2, -0.15) is 0 Å². The molecule has 0 saturated carbocycles. The molecule has 0 aliphatic carbocycles. The van der Waals surface area contributed by atoms with Crippen molar-refractivity contribution in [1.82, 2.24) is 5.16 Å². The van der Waals surface area contributed by atoms with Crippen LogP contribution in [0.4, 0.5) is 0 Å². The van der Waals surface area contributed by atoms with Crippen LogP contribution in [0.25, 0.3) is 12.2 Å². The third-order valence-corrected chi connectivity index (χ3v) is 2.83. The van der Waals surface area contributed by atoms with E-state index in [-0.39, 0.29) is 5.69 Å². The number of ether oxygens (including phenoxy) is 3. The van der Waals surface area contributed by atoms with Gasteiger partial charge in [-0.1, -0.05) is 11.2 Å². The first-order valence-corrected chi connectivity index (χ1v) is 6.71. The van der Waals surface area contributed by atoms with Crippen LogP contribution in [0.1, 0.15) is 28.7 Å². The summed E-state index contributed by atoms with van der Waals surface area (Å²) in [6.45, 7) is 2.02. The average Bonchev–Trinajstić information content (AvgIpc) is 3.02. The minimum absolute atomic E-state index is 0.143. The maximum atomic E-state index is 11.5. The van der Waals surface area contributed by atoms with Gasteiger partial charge < -0.3 is 18.7 Å². The fourth-order valence-corrected chi connectivity index (χ4v) is 1.77. The zero-order valence-electron chi connectivity index (χ0n) is 12.7. The summed E-state index contributed by atoms with van der Waals surface area (Å²) in [7, 11) is 3.18. The van der Waals surface area contributed by atoms with Crippen LogP contribution in [0, 0.1) is 0 Å². The second-order valence-electron chi connectivity index (χ2n) is 4.31. The molecule has 0 N–H and O–H groups in total. The van der Waals surface area contributed by atoms with Crippen LogP contribution in [0.2, 0.25) is 0 Å². The average molecular weight is 303 g/mol. The molecule has 1 aromatic heterocycles.